The van der Waals surface area contributed by atoms with Crippen LogP contribution >= 0.6 is 0 Å². The van der Waals surface area contributed by atoms with Crippen molar-refractivity contribution in [2.24, 2.45) is 0 Å². The second-order valence-corrected chi connectivity index (χ2v) is 3.99. The Bertz CT molecular complexity index is 352. The summed E-state index contributed by atoms with van der Waals surface area (Å²) in [6.07, 6.45) is 0.369. The highest BCUT2D eigenvalue weighted by atomic mass is 19.3. The molecule has 2 nitrogen and oxygen atoms in total. The molecule has 1 aliphatic heterocycles. The third-order valence-corrected chi connectivity index (χ3v) is 2.65. The molecule has 0 amide bonds. The van der Waals surface area contributed by atoms with Gasteiger partial charge in [0.1, 0.15) is 0 Å². The van der Waals surface area contributed by atoms with Gasteiger partial charge in [0.2, 0.25) is 0 Å². The zero-order valence-electron chi connectivity index (χ0n) is 8.71. The van der Waals surface area contributed by atoms with Crippen LogP contribution in [0.25, 0.3) is 0 Å². The van der Waals surface area contributed by atoms with E-state index in [1.165, 1.54) is 0 Å². The van der Waals surface area contributed by atoms with Gasteiger partial charge in [-0.2, -0.15) is 0 Å². The summed E-state index contributed by atoms with van der Waals surface area (Å²) in [6, 6.07) is 2.04. The fourth-order valence-corrected chi connectivity index (χ4v) is 1.96. The van der Waals surface area contributed by atoms with Crippen molar-refractivity contribution < 1.29 is 8.78 Å². The minimum atomic E-state index is -2.25. The maximum absolute atomic E-state index is 12.2. The first-order valence-electron chi connectivity index (χ1n) is 5.10. The lowest BCUT2D eigenvalue weighted by atomic mass is 10.0. The van der Waals surface area contributed by atoms with Crippen molar-refractivity contribution in [1.82, 2.24) is 9.88 Å². The molecule has 0 aliphatic carbocycles. The van der Waals surface area contributed by atoms with Gasteiger partial charge in [-0.1, -0.05) is 6.07 Å². The van der Waals surface area contributed by atoms with Crippen molar-refractivity contribution in [2.75, 3.05) is 13.1 Å². The molecule has 1 aliphatic rings. The number of fused-ring (bicyclic) bond motifs is 1. The first-order valence-corrected chi connectivity index (χ1v) is 5.10. The number of rotatable bonds is 2. The van der Waals surface area contributed by atoms with E-state index in [1.54, 1.807) is 4.90 Å². The summed E-state index contributed by atoms with van der Waals surface area (Å²) < 4.78 is 24.4. The first-order chi connectivity index (χ1) is 7.15. The second kappa shape index (κ2) is 4.23. The van der Waals surface area contributed by atoms with E-state index in [-0.39, 0.29) is 6.54 Å². The molecule has 4 heteroatoms. The maximum Gasteiger partial charge on any atom is 0.251 e. The summed E-state index contributed by atoms with van der Waals surface area (Å²) in [5.74, 6) is 0. The predicted molar refractivity (Wildman–Crippen MR) is 54.0 cm³/mol. The lowest BCUT2D eigenvalue weighted by Gasteiger charge is -2.27. The lowest BCUT2D eigenvalue weighted by molar-refractivity contribution is 0.0817. The zero-order valence-corrected chi connectivity index (χ0v) is 8.71. The monoisotopic (exact) mass is 212 g/mol. The van der Waals surface area contributed by atoms with E-state index in [0.29, 0.717) is 13.1 Å². The van der Waals surface area contributed by atoms with Crippen LogP contribution < -0.4 is 0 Å². The number of hydrogen-bond acceptors (Lipinski definition) is 2. The highest BCUT2D eigenvalue weighted by Gasteiger charge is 2.19. The van der Waals surface area contributed by atoms with Crippen molar-refractivity contribution in [2.45, 2.75) is 26.3 Å². The summed E-state index contributed by atoms with van der Waals surface area (Å²) in [6.45, 7) is 3.13. The standard InChI is InChI=1S/C11H14F2N2/c1-8-4-9-6-15(7-11(12)13)3-2-10(9)14-5-8/h4-5,11H,2-3,6-7H2,1H3. The number of aromatic nitrogens is 1. The molecular formula is C11H14F2N2. The Balaban J connectivity index is 2.11. The minimum Gasteiger partial charge on any atom is -0.293 e. The molecule has 0 radical (unpaired) electrons. The molecule has 0 atom stereocenters. The molecule has 1 aromatic heterocycles. The van der Waals surface area contributed by atoms with Crippen molar-refractivity contribution in [3.63, 3.8) is 0 Å². The van der Waals surface area contributed by atoms with E-state index in [2.05, 4.69) is 4.98 Å². The Kier molecular flexibility index (Phi) is 2.95. The Morgan fingerprint density at radius 1 is 1.53 bits per heavy atom. The first kappa shape index (κ1) is 10.5. The van der Waals surface area contributed by atoms with Crippen molar-refractivity contribution in [3.8, 4) is 0 Å². The van der Waals surface area contributed by atoms with E-state index in [4.69, 9.17) is 0 Å². The summed E-state index contributed by atoms with van der Waals surface area (Å²) in [5, 5.41) is 0. The summed E-state index contributed by atoms with van der Waals surface area (Å²) in [4.78, 5) is 6.10. The van der Waals surface area contributed by atoms with Gasteiger partial charge in [-0.05, 0) is 18.1 Å². The summed E-state index contributed by atoms with van der Waals surface area (Å²) in [5.41, 5.74) is 3.25. The number of nitrogens with zero attached hydrogens (tertiary/aromatic N) is 2. The van der Waals surface area contributed by atoms with E-state index >= 15 is 0 Å². The van der Waals surface area contributed by atoms with Crippen LogP contribution in [0.15, 0.2) is 12.3 Å². The number of pyridine rings is 1. The molecule has 2 rings (SSSR count). The van der Waals surface area contributed by atoms with Crippen molar-refractivity contribution >= 4 is 0 Å². The maximum atomic E-state index is 12.2. The van der Waals surface area contributed by atoms with Gasteiger partial charge in [-0.3, -0.25) is 9.88 Å². The highest BCUT2D eigenvalue weighted by Crippen LogP contribution is 2.18. The fraction of sp³-hybridized carbons (Fsp3) is 0.545. The van der Waals surface area contributed by atoms with E-state index in [9.17, 15) is 8.78 Å². The quantitative estimate of drug-likeness (QED) is 0.745. The SMILES string of the molecule is Cc1cnc2c(c1)CN(CC(F)F)CC2. The van der Waals surface area contributed by atoms with E-state index < -0.39 is 6.43 Å². The molecule has 0 saturated heterocycles. The van der Waals surface area contributed by atoms with E-state index in [0.717, 1.165) is 23.2 Å². The van der Waals surface area contributed by atoms with Crippen molar-refractivity contribution in [1.29, 1.82) is 0 Å². The molecule has 1 aromatic rings. The molecule has 0 fully saturated rings. The molecule has 0 aromatic carbocycles. The molecule has 0 saturated carbocycles. The van der Waals surface area contributed by atoms with Crippen LogP contribution in [0, 0.1) is 6.92 Å². The average molecular weight is 212 g/mol. The third kappa shape index (κ3) is 2.50. The van der Waals surface area contributed by atoms with Gasteiger partial charge < -0.3 is 0 Å². The zero-order chi connectivity index (χ0) is 10.8. The molecule has 2 heterocycles. The topological polar surface area (TPSA) is 16.1 Å². The molecule has 15 heavy (non-hydrogen) atoms. The van der Waals surface area contributed by atoms with Gasteiger partial charge in [0, 0.05) is 31.4 Å². The van der Waals surface area contributed by atoms with Crippen LogP contribution in [-0.4, -0.2) is 29.4 Å². The average Bonchev–Trinajstić information content (AvgIpc) is 2.16. The Morgan fingerprint density at radius 2 is 2.33 bits per heavy atom. The van der Waals surface area contributed by atoms with Gasteiger partial charge in [0.25, 0.3) is 6.43 Å². The molecule has 0 bridgehead atoms. The van der Waals surface area contributed by atoms with Crippen molar-refractivity contribution in [3.05, 3.63) is 29.1 Å². The molecule has 0 spiro atoms. The van der Waals surface area contributed by atoms with E-state index in [1.807, 2.05) is 19.2 Å². The van der Waals surface area contributed by atoms with Gasteiger partial charge >= 0.3 is 0 Å². The van der Waals surface area contributed by atoms with Crippen LogP contribution in [-0.2, 0) is 13.0 Å². The normalized spacial score (nSPS) is 16.8. The van der Waals surface area contributed by atoms with Crippen LogP contribution in [0.5, 0.6) is 0 Å². The third-order valence-electron chi connectivity index (χ3n) is 2.65. The lowest BCUT2D eigenvalue weighted by Crippen LogP contribution is -2.34. The number of halogens is 2. The highest BCUT2D eigenvalue weighted by molar-refractivity contribution is 5.26. The smallest absolute Gasteiger partial charge is 0.251 e. The number of alkyl halides is 2. The summed E-state index contributed by atoms with van der Waals surface area (Å²) >= 11 is 0. The Hall–Kier alpha value is -1.03. The van der Waals surface area contributed by atoms with Crippen LogP contribution in [0.1, 0.15) is 16.8 Å². The Labute approximate surface area is 87.9 Å². The van der Waals surface area contributed by atoms with Gasteiger partial charge in [0.05, 0.1) is 6.54 Å². The second-order valence-electron chi connectivity index (χ2n) is 3.99. The molecular weight excluding hydrogens is 198 g/mol. The van der Waals surface area contributed by atoms with Gasteiger partial charge in [-0.15, -0.1) is 0 Å². The predicted octanol–water partition coefficient (Wildman–Crippen LogP) is 2.01. The number of hydrogen-bond donors (Lipinski definition) is 0. The molecule has 0 unspecified atom stereocenters. The van der Waals surface area contributed by atoms with Crippen LogP contribution in [0.2, 0.25) is 0 Å². The fourth-order valence-electron chi connectivity index (χ4n) is 1.96. The van der Waals surface area contributed by atoms with Gasteiger partial charge in [-0.25, -0.2) is 8.78 Å². The molecule has 82 valence electrons. The van der Waals surface area contributed by atoms with Crippen LogP contribution in [0.3, 0.4) is 0 Å². The largest absolute Gasteiger partial charge is 0.293 e. The summed E-state index contributed by atoms with van der Waals surface area (Å²) in [7, 11) is 0. The molecule has 0 N–H and O–H groups in total. The van der Waals surface area contributed by atoms with Crippen LogP contribution in [0.4, 0.5) is 8.78 Å². The minimum absolute atomic E-state index is 0.132. The number of aryl methyl sites for hydroxylation is 1. The van der Waals surface area contributed by atoms with Gasteiger partial charge in [0.15, 0.2) is 0 Å². The Morgan fingerprint density at radius 3 is 3.07 bits per heavy atom.